The van der Waals surface area contributed by atoms with Crippen LogP contribution in [0.4, 0.5) is 4.39 Å². The van der Waals surface area contributed by atoms with Gasteiger partial charge in [-0.1, -0.05) is 12.5 Å². The molecule has 2 N–H and O–H groups in total. The van der Waals surface area contributed by atoms with Crippen LogP contribution in [0, 0.1) is 5.82 Å². The maximum absolute atomic E-state index is 13.8. The Hall–Kier alpha value is -1.13. The standard InChI is InChI=1S/C15H23FN2O/c1-12(17)13-5-6-15(14(16)11-13)19-10-9-18-7-3-2-4-8-18/h5-6,11-12H,2-4,7-10,17H2,1H3/t12-/m0/s1. The lowest BCUT2D eigenvalue weighted by atomic mass is 10.1. The average Bonchev–Trinajstić information content (AvgIpc) is 2.41. The fraction of sp³-hybridized carbons (Fsp3) is 0.600. The van der Waals surface area contributed by atoms with Crippen molar-refractivity contribution in [1.29, 1.82) is 0 Å². The van der Waals surface area contributed by atoms with E-state index in [9.17, 15) is 4.39 Å². The van der Waals surface area contributed by atoms with E-state index in [0.717, 1.165) is 25.2 Å². The molecular weight excluding hydrogens is 243 g/mol. The summed E-state index contributed by atoms with van der Waals surface area (Å²) in [7, 11) is 0. The van der Waals surface area contributed by atoms with Gasteiger partial charge in [-0.15, -0.1) is 0 Å². The summed E-state index contributed by atoms with van der Waals surface area (Å²) in [6.45, 7) is 5.51. The van der Waals surface area contributed by atoms with Crippen LogP contribution in [0.5, 0.6) is 5.75 Å². The maximum atomic E-state index is 13.8. The zero-order chi connectivity index (χ0) is 13.7. The minimum absolute atomic E-state index is 0.156. The van der Waals surface area contributed by atoms with Crippen LogP contribution in [0.1, 0.15) is 37.8 Å². The molecule has 0 radical (unpaired) electrons. The highest BCUT2D eigenvalue weighted by atomic mass is 19.1. The molecule has 1 saturated heterocycles. The van der Waals surface area contributed by atoms with Crippen LogP contribution in [0.15, 0.2) is 18.2 Å². The van der Waals surface area contributed by atoms with Crippen molar-refractivity contribution in [2.75, 3.05) is 26.2 Å². The molecule has 4 heteroatoms. The van der Waals surface area contributed by atoms with E-state index in [0.29, 0.717) is 12.4 Å². The van der Waals surface area contributed by atoms with Crippen LogP contribution in [-0.4, -0.2) is 31.1 Å². The lowest BCUT2D eigenvalue weighted by molar-refractivity contribution is 0.180. The summed E-state index contributed by atoms with van der Waals surface area (Å²) < 4.78 is 19.3. The Morgan fingerprint density at radius 2 is 2.05 bits per heavy atom. The van der Waals surface area contributed by atoms with Gasteiger partial charge in [0.2, 0.25) is 0 Å². The van der Waals surface area contributed by atoms with Gasteiger partial charge in [-0.2, -0.15) is 0 Å². The summed E-state index contributed by atoms with van der Waals surface area (Å²) in [4.78, 5) is 2.37. The van der Waals surface area contributed by atoms with Gasteiger partial charge in [-0.25, -0.2) is 4.39 Å². The zero-order valence-electron chi connectivity index (χ0n) is 11.6. The third-order valence-corrected chi connectivity index (χ3v) is 3.60. The molecule has 0 unspecified atom stereocenters. The average molecular weight is 266 g/mol. The molecule has 1 atom stereocenters. The first-order chi connectivity index (χ1) is 9.16. The molecular formula is C15H23FN2O. The van der Waals surface area contributed by atoms with E-state index in [1.165, 1.54) is 25.3 Å². The Balaban J connectivity index is 1.82. The Kier molecular flexibility index (Phi) is 5.16. The third kappa shape index (κ3) is 4.18. The van der Waals surface area contributed by atoms with Crippen molar-refractivity contribution in [3.05, 3.63) is 29.6 Å². The first-order valence-electron chi connectivity index (χ1n) is 7.07. The number of hydrogen-bond acceptors (Lipinski definition) is 3. The highest BCUT2D eigenvalue weighted by Gasteiger charge is 2.11. The van der Waals surface area contributed by atoms with Gasteiger partial charge < -0.3 is 10.5 Å². The highest BCUT2D eigenvalue weighted by Crippen LogP contribution is 2.21. The second-order valence-electron chi connectivity index (χ2n) is 5.23. The van der Waals surface area contributed by atoms with Crippen molar-refractivity contribution >= 4 is 0 Å². The number of hydrogen-bond donors (Lipinski definition) is 1. The lowest BCUT2D eigenvalue weighted by Gasteiger charge is -2.26. The topological polar surface area (TPSA) is 38.5 Å². The van der Waals surface area contributed by atoms with Gasteiger partial charge in [-0.3, -0.25) is 4.90 Å². The van der Waals surface area contributed by atoms with E-state index in [4.69, 9.17) is 10.5 Å². The molecule has 1 aliphatic rings. The second kappa shape index (κ2) is 6.87. The van der Waals surface area contributed by atoms with Crippen molar-refractivity contribution < 1.29 is 9.13 Å². The van der Waals surface area contributed by atoms with Gasteiger partial charge in [0.1, 0.15) is 6.61 Å². The molecule has 1 heterocycles. The largest absolute Gasteiger partial charge is 0.489 e. The molecule has 2 rings (SSSR count). The monoisotopic (exact) mass is 266 g/mol. The van der Waals surface area contributed by atoms with Gasteiger partial charge >= 0.3 is 0 Å². The number of benzene rings is 1. The van der Waals surface area contributed by atoms with E-state index >= 15 is 0 Å². The van der Waals surface area contributed by atoms with Gasteiger partial charge in [0.15, 0.2) is 11.6 Å². The molecule has 0 aromatic heterocycles. The van der Waals surface area contributed by atoms with Crippen LogP contribution in [0.25, 0.3) is 0 Å². The second-order valence-corrected chi connectivity index (χ2v) is 5.23. The smallest absolute Gasteiger partial charge is 0.165 e. The van der Waals surface area contributed by atoms with Crippen LogP contribution >= 0.6 is 0 Å². The van der Waals surface area contributed by atoms with Crippen molar-refractivity contribution in [1.82, 2.24) is 4.90 Å². The van der Waals surface area contributed by atoms with Gasteiger partial charge in [0.05, 0.1) is 0 Å². The molecule has 0 aliphatic carbocycles. The number of ether oxygens (including phenoxy) is 1. The van der Waals surface area contributed by atoms with Crippen molar-refractivity contribution in [2.24, 2.45) is 5.73 Å². The highest BCUT2D eigenvalue weighted by molar-refractivity contribution is 5.30. The fourth-order valence-corrected chi connectivity index (χ4v) is 2.39. The first-order valence-corrected chi connectivity index (χ1v) is 7.07. The summed E-state index contributed by atoms with van der Waals surface area (Å²) in [6, 6.07) is 4.80. The van der Waals surface area contributed by atoms with Crippen LogP contribution < -0.4 is 10.5 Å². The molecule has 19 heavy (non-hydrogen) atoms. The zero-order valence-corrected chi connectivity index (χ0v) is 11.6. The van der Waals surface area contributed by atoms with E-state index < -0.39 is 0 Å². The first kappa shape index (κ1) is 14.3. The predicted octanol–water partition coefficient (Wildman–Crippen LogP) is 2.71. The Bertz CT molecular complexity index is 403. The molecule has 0 amide bonds. The van der Waals surface area contributed by atoms with Crippen LogP contribution in [-0.2, 0) is 0 Å². The Morgan fingerprint density at radius 1 is 1.32 bits per heavy atom. The van der Waals surface area contributed by atoms with Crippen LogP contribution in [0.2, 0.25) is 0 Å². The summed E-state index contributed by atoms with van der Waals surface area (Å²) in [5.74, 6) is -0.00477. The van der Waals surface area contributed by atoms with Gasteiger partial charge in [0, 0.05) is 12.6 Å². The number of nitrogens with zero attached hydrogens (tertiary/aromatic N) is 1. The number of halogens is 1. The van der Waals surface area contributed by atoms with Crippen molar-refractivity contribution in [2.45, 2.75) is 32.2 Å². The molecule has 0 saturated carbocycles. The van der Waals surface area contributed by atoms with E-state index in [1.54, 1.807) is 6.07 Å². The SMILES string of the molecule is C[C@H](N)c1ccc(OCCN2CCCCC2)c(F)c1. The molecule has 1 aliphatic heterocycles. The van der Waals surface area contributed by atoms with E-state index in [2.05, 4.69) is 4.90 Å². The number of likely N-dealkylation sites (tertiary alicyclic amines) is 1. The predicted molar refractivity (Wildman–Crippen MR) is 74.8 cm³/mol. The van der Waals surface area contributed by atoms with Crippen molar-refractivity contribution in [3.63, 3.8) is 0 Å². The Labute approximate surface area is 114 Å². The van der Waals surface area contributed by atoms with E-state index in [1.807, 2.05) is 13.0 Å². The molecule has 3 nitrogen and oxygen atoms in total. The molecule has 106 valence electrons. The minimum atomic E-state index is -0.326. The van der Waals surface area contributed by atoms with Crippen molar-refractivity contribution in [3.8, 4) is 5.75 Å². The number of piperidine rings is 1. The molecule has 1 aromatic rings. The molecule has 1 fully saturated rings. The van der Waals surface area contributed by atoms with Gasteiger partial charge in [0.25, 0.3) is 0 Å². The molecule has 0 spiro atoms. The Morgan fingerprint density at radius 3 is 2.68 bits per heavy atom. The summed E-state index contributed by atoms with van der Waals surface area (Å²) in [6.07, 6.45) is 3.85. The van der Waals surface area contributed by atoms with E-state index in [-0.39, 0.29) is 11.9 Å². The maximum Gasteiger partial charge on any atom is 0.165 e. The number of rotatable bonds is 5. The third-order valence-electron chi connectivity index (χ3n) is 3.60. The fourth-order valence-electron chi connectivity index (χ4n) is 2.39. The summed E-state index contributed by atoms with van der Waals surface area (Å²) in [5.41, 5.74) is 6.51. The molecule has 1 aromatic carbocycles. The normalized spacial score (nSPS) is 18.3. The summed E-state index contributed by atoms with van der Waals surface area (Å²) >= 11 is 0. The minimum Gasteiger partial charge on any atom is -0.489 e. The number of nitrogens with two attached hydrogens (primary N) is 1. The van der Waals surface area contributed by atoms with Crippen LogP contribution in [0.3, 0.4) is 0 Å². The van der Waals surface area contributed by atoms with Gasteiger partial charge in [-0.05, 0) is 50.6 Å². The summed E-state index contributed by atoms with van der Waals surface area (Å²) in [5, 5.41) is 0. The lowest BCUT2D eigenvalue weighted by Crippen LogP contribution is -2.33. The quantitative estimate of drug-likeness (QED) is 0.890. The molecule has 0 bridgehead atoms.